The zero-order chi connectivity index (χ0) is 25.1. The second-order valence-electron chi connectivity index (χ2n) is 7.88. The quantitative estimate of drug-likeness (QED) is 0.427. The van der Waals surface area contributed by atoms with Gasteiger partial charge in [-0.15, -0.1) is 0 Å². The molecule has 1 heterocycles. The van der Waals surface area contributed by atoms with Crippen LogP contribution >= 0.6 is 23.2 Å². The molecule has 9 heteroatoms. The number of hydrogen-bond donors (Lipinski definition) is 2. The number of aryl methyl sites for hydroxylation is 1. The fourth-order valence-electron chi connectivity index (χ4n) is 3.57. The van der Waals surface area contributed by atoms with E-state index in [-0.39, 0.29) is 27.3 Å². The summed E-state index contributed by atoms with van der Waals surface area (Å²) in [5.41, 5.74) is 2.59. The molecule has 0 radical (unpaired) electrons. The summed E-state index contributed by atoms with van der Waals surface area (Å²) in [6.07, 6.45) is 0.686. The Labute approximate surface area is 211 Å². The highest BCUT2D eigenvalue weighted by Gasteiger charge is 2.39. The largest absolute Gasteiger partial charge is 0.352 e. The molecular weight excluding hydrogens is 492 g/mol. The Hall–Kier alpha value is -3.68. The SMILES string of the molecule is Cc1ccc(C(=O)NCCc2ccccc2)cc1NC1=C(Cl)C(=O)N(c2ccc(F)c(Cl)c2)C1=O. The average Bonchev–Trinajstić information content (AvgIpc) is 3.05. The third-order valence-corrected chi connectivity index (χ3v) is 6.13. The lowest BCUT2D eigenvalue weighted by atomic mass is 10.1. The van der Waals surface area contributed by atoms with Gasteiger partial charge < -0.3 is 10.6 Å². The normalized spacial score (nSPS) is 13.4. The molecule has 0 aliphatic carbocycles. The Morgan fingerprint density at radius 1 is 0.971 bits per heavy atom. The van der Waals surface area contributed by atoms with Crippen LogP contribution < -0.4 is 15.5 Å². The maximum Gasteiger partial charge on any atom is 0.283 e. The number of nitrogens with one attached hydrogen (secondary N) is 2. The van der Waals surface area contributed by atoms with Crippen molar-refractivity contribution < 1.29 is 18.8 Å². The zero-order valence-electron chi connectivity index (χ0n) is 18.6. The molecule has 0 atom stereocenters. The molecule has 0 spiro atoms. The van der Waals surface area contributed by atoms with Crippen LogP contribution in [0.1, 0.15) is 21.5 Å². The average molecular weight is 512 g/mol. The maximum atomic E-state index is 13.5. The predicted octanol–water partition coefficient (Wildman–Crippen LogP) is 5.20. The van der Waals surface area contributed by atoms with Crippen LogP contribution in [0.2, 0.25) is 5.02 Å². The number of hydrogen-bond acceptors (Lipinski definition) is 4. The second-order valence-corrected chi connectivity index (χ2v) is 8.66. The van der Waals surface area contributed by atoms with Crippen molar-refractivity contribution in [2.75, 3.05) is 16.8 Å². The lowest BCUT2D eigenvalue weighted by molar-refractivity contribution is -0.120. The Kier molecular flexibility index (Phi) is 7.19. The first-order chi connectivity index (χ1) is 16.8. The minimum Gasteiger partial charge on any atom is -0.352 e. The standard InChI is InChI=1S/C26H20Cl2FN3O3/c1-15-7-8-17(24(33)30-12-11-16-5-3-2-4-6-16)13-21(15)31-23-22(28)25(34)32(26(23)35)18-9-10-20(29)19(27)14-18/h2-10,13-14,31H,11-12H2,1H3,(H,30,33). The van der Waals surface area contributed by atoms with Gasteiger partial charge in [0, 0.05) is 17.8 Å². The van der Waals surface area contributed by atoms with Gasteiger partial charge in [0.05, 0.1) is 10.7 Å². The van der Waals surface area contributed by atoms with Gasteiger partial charge in [0.1, 0.15) is 16.5 Å². The molecule has 0 unspecified atom stereocenters. The van der Waals surface area contributed by atoms with Gasteiger partial charge in [0.15, 0.2) is 0 Å². The van der Waals surface area contributed by atoms with E-state index in [0.29, 0.717) is 24.2 Å². The van der Waals surface area contributed by atoms with Crippen LogP contribution in [0.5, 0.6) is 0 Å². The smallest absolute Gasteiger partial charge is 0.283 e. The molecule has 0 aromatic heterocycles. The number of carbonyl (C=O) groups is 3. The van der Waals surface area contributed by atoms with E-state index in [1.165, 1.54) is 12.1 Å². The summed E-state index contributed by atoms with van der Waals surface area (Å²) in [5.74, 6) is -2.45. The van der Waals surface area contributed by atoms with Crippen molar-refractivity contribution in [2.45, 2.75) is 13.3 Å². The van der Waals surface area contributed by atoms with Crippen LogP contribution in [-0.2, 0) is 16.0 Å². The Morgan fingerprint density at radius 3 is 2.43 bits per heavy atom. The van der Waals surface area contributed by atoms with E-state index in [1.54, 1.807) is 25.1 Å². The molecule has 1 aliphatic rings. The molecule has 3 amide bonds. The van der Waals surface area contributed by atoms with Crippen molar-refractivity contribution >= 4 is 52.3 Å². The van der Waals surface area contributed by atoms with Crippen molar-refractivity contribution in [1.29, 1.82) is 0 Å². The van der Waals surface area contributed by atoms with Crippen LogP contribution in [0.3, 0.4) is 0 Å². The highest BCUT2D eigenvalue weighted by molar-refractivity contribution is 6.53. The Morgan fingerprint density at radius 2 is 1.71 bits per heavy atom. The van der Waals surface area contributed by atoms with Crippen LogP contribution in [0.15, 0.2) is 77.5 Å². The van der Waals surface area contributed by atoms with Crippen molar-refractivity contribution in [3.05, 3.63) is 105 Å². The number of anilines is 2. The fourth-order valence-corrected chi connectivity index (χ4v) is 3.96. The summed E-state index contributed by atoms with van der Waals surface area (Å²) in [6.45, 7) is 2.24. The van der Waals surface area contributed by atoms with Gasteiger partial charge in [-0.05, 0) is 54.8 Å². The molecule has 0 saturated carbocycles. The first-order valence-electron chi connectivity index (χ1n) is 10.7. The molecule has 3 aromatic carbocycles. The summed E-state index contributed by atoms with van der Waals surface area (Å²) in [4.78, 5) is 39.2. The fraction of sp³-hybridized carbons (Fsp3) is 0.115. The van der Waals surface area contributed by atoms with E-state index in [2.05, 4.69) is 10.6 Å². The van der Waals surface area contributed by atoms with E-state index < -0.39 is 17.6 Å². The summed E-state index contributed by atoms with van der Waals surface area (Å²) in [7, 11) is 0. The summed E-state index contributed by atoms with van der Waals surface area (Å²) >= 11 is 12.0. The van der Waals surface area contributed by atoms with Crippen molar-refractivity contribution in [1.82, 2.24) is 5.32 Å². The van der Waals surface area contributed by atoms with E-state index in [1.807, 2.05) is 30.3 Å². The summed E-state index contributed by atoms with van der Waals surface area (Å²) in [6, 6.07) is 18.3. The van der Waals surface area contributed by atoms with Gasteiger partial charge in [0.25, 0.3) is 17.7 Å². The molecule has 0 bridgehead atoms. The molecule has 3 aromatic rings. The van der Waals surface area contributed by atoms with Gasteiger partial charge >= 0.3 is 0 Å². The van der Waals surface area contributed by atoms with E-state index in [4.69, 9.17) is 23.2 Å². The first kappa shape index (κ1) is 24.4. The monoisotopic (exact) mass is 511 g/mol. The number of benzene rings is 3. The van der Waals surface area contributed by atoms with E-state index >= 15 is 0 Å². The third-order valence-electron chi connectivity index (χ3n) is 5.49. The lowest BCUT2D eigenvalue weighted by Gasteiger charge is -2.16. The topological polar surface area (TPSA) is 78.5 Å². The van der Waals surface area contributed by atoms with Gasteiger partial charge in [0.2, 0.25) is 0 Å². The predicted molar refractivity (Wildman–Crippen MR) is 134 cm³/mol. The van der Waals surface area contributed by atoms with Gasteiger partial charge in [-0.1, -0.05) is 59.6 Å². The van der Waals surface area contributed by atoms with E-state index in [9.17, 15) is 18.8 Å². The molecule has 1 aliphatic heterocycles. The molecule has 178 valence electrons. The minimum atomic E-state index is -0.769. The molecular formula is C26H20Cl2FN3O3. The molecule has 0 saturated heterocycles. The first-order valence-corrected chi connectivity index (χ1v) is 11.4. The highest BCUT2D eigenvalue weighted by Crippen LogP contribution is 2.32. The van der Waals surface area contributed by atoms with Crippen molar-refractivity contribution in [2.24, 2.45) is 0 Å². The Bertz CT molecular complexity index is 1360. The van der Waals surface area contributed by atoms with Gasteiger partial charge in [-0.2, -0.15) is 0 Å². The van der Waals surface area contributed by atoms with Crippen LogP contribution in [0.4, 0.5) is 15.8 Å². The molecule has 0 fully saturated rings. The third kappa shape index (κ3) is 5.21. The van der Waals surface area contributed by atoms with Crippen LogP contribution in [0.25, 0.3) is 0 Å². The summed E-state index contributed by atoms with van der Waals surface area (Å²) in [5, 5.41) is 5.20. The summed E-state index contributed by atoms with van der Waals surface area (Å²) < 4.78 is 13.5. The number of carbonyl (C=O) groups excluding carboxylic acids is 3. The van der Waals surface area contributed by atoms with Crippen molar-refractivity contribution in [3.63, 3.8) is 0 Å². The zero-order valence-corrected chi connectivity index (χ0v) is 20.1. The number of rotatable bonds is 7. The number of nitrogens with zero attached hydrogens (tertiary/aromatic N) is 1. The lowest BCUT2D eigenvalue weighted by Crippen LogP contribution is -2.32. The Balaban J connectivity index is 1.49. The number of halogens is 3. The second kappa shape index (κ2) is 10.3. The number of amides is 3. The van der Waals surface area contributed by atoms with E-state index in [0.717, 1.165) is 22.1 Å². The number of imide groups is 1. The molecule has 35 heavy (non-hydrogen) atoms. The van der Waals surface area contributed by atoms with Crippen LogP contribution in [0, 0.1) is 12.7 Å². The molecule has 4 rings (SSSR count). The van der Waals surface area contributed by atoms with Gasteiger partial charge in [-0.25, -0.2) is 9.29 Å². The maximum absolute atomic E-state index is 13.5. The molecule has 2 N–H and O–H groups in total. The van der Waals surface area contributed by atoms with Gasteiger partial charge in [-0.3, -0.25) is 14.4 Å². The molecule has 6 nitrogen and oxygen atoms in total. The van der Waals surface area contributed by atoms with Crippen molar-refractivity contribution in [3.8, 4) is 0 Å². The highest BCUT2D eigenvalue weighted by atomic mass is 35.5. The van der Waals surface area contributed by atoms with Crippen LogP contribution in [-0.4, -0.2) is 24.3 Å². The minimum absolute atomic E-state index is 0.0876.